The SMILES string of the molecule is NC1CSC(OC(=O)Oc2cccnc2)N1. The minimum atomic E-state index is -0.771. The first-order chi connectivity index (χ1) is 7.74. The van der Waals surface area contributed by atoms with Crippen molar-refractivity contribution in [2.75, 3.05) is 5.75 Å². The average Bonchev–Trinajstić information content (AvgIpc) is 2.65. The monoisotopic (exact) mass is 241 g/mol. The smallest absolute Gasteiger partial charge is 0.405 e. The summed E-state index contributed by atoms with van der Waals surface area (Å²) in [6.07, 6.45) is 2.10. The van der Waals surface area contributed by atoms with Crippen LogP contribution < -0.4 is 15.8 Å². The summed E-state index contributed by atoms with van der Waals surface area (Å²) in [6.45, 7) is 0. The third-order valence-electron chi connectivity index (χ3n) is 1.82. The van der Waals surface area contributed by atoms with Crippen molar-refractivity contribution in [3.63, 3.8) is 0 Å². The predicted octanol–water partition coefficient (Wildman–Crippen LogP) is 0.502. The molecule has 1 aliphatic heterocycles. The number of thioether (sulfide) groups is 1. The molecular weight excluding hydrogens is 230 g/mol. The van der Waals surface area contributed by atoms with Crippen molar-refractivity contribution in [1.29, 1.82) is 0 Å². The number of nitrogens with one attached hydrogen (secondary N) is 1. The van der Waals surface area contributed by atoms with Gasteiger partial charge in [0.25, 0.3) is 0 Å². The lowest BCUT2D eigenvalue weighted by atomic mass is 10.5. The van der Waals surface area contributed by atoms with Crippen molar-refractivity contribution < 1.29 is 14.3 Å². The fourth-order valence-corrected chi connectivity index (χ4v) is 2.04. The van der Waals surface area contributed by atoms with Gasteiger partial charge in [0.05, 0.1) is 12.4 Å². The van der Waals surface area contributed by atoms with Gasteiger partial charge in [0.1, 0.15) is 0 Å². The molecule has 6 nitrogen and oxygen atoms in total. The molecule has 3 N–H and O–H groups in total. The zero-order valence-corrected chi connectivity index (χ0v) is 9.15. The number of hydrogen-bond donors (Lipinski definition) is 2. The van der Waals surface area contributed by atoms with Crippen LogP contribution in [0.1, 0.15) is 0 Å². The number of pyridine rings is 1. The van der Waals surface area contributed by atoms with Crippen molar-refractivity contribution in [2.24, 2.45) is 5.73 Å². The Morgan fingerprint density at radius 3 is 3.19 bits per heavy atom. The van der Waals surface area contributed by atoms with Crippen LogP contribution in [0.15, 0.2) is 24.5 Å². The summed E-state index contributed by atoms with van der Waals surface area (Å²) < 4.78 is 9.86. The molecule has 2 atom stereocenters. The van der Waals surface area contributed by atoms with Crippen molar-refractivity contribution in [3.8, 4) is 5.75 Å². The van der Waals surface area contributed by atoms with Gasteiger partial charge in [-0.05, 0) is 12.1 Å². The van der Waals surface area contributed by atoms with Crippen LogP contribution in [0.3, 0.4) is 0 Å². The van der Waals surface area contributed by atoms with Crippen LogP contribution in [-0.2, 0) is 4.74 Å². The van der Waals surface area contributed by atoms with Crippen LogP contribution in [0, 0.1) is 0 Å². The maximum atomic E-state index is 11.3. The first-order valence-electron chi connectivity index (χ1n) is 4.66. The van der Waals surface area contributed by atoms with Crippen LogP contribution in [0.25, 0.3) is 0 Å². The standard InChI is InChI=1S/C9H11N3O3S/c10-7-5-16-8(12-7)15-9(13)14-6-2-1-3-11-4-6/h1-4,7-8,12H,5,10H2. The Morgan fingerprint density at radius 2 is 2.56 bits per heavy atom. The van der Waals surface area contributed by atoms with Gasteiger partial charge >= 0.3 is 6.16 Å². The van der Waals surface area contributed by atoms with E-state index in [4.69, 9.17) is 15.2 Å². The molecule has 0 amide bonds. The molecule has 1 aliphatic rings. The molecule has 16 heavy (non-hydrogen) atoms. The molecule has 2 rings (SSSR count). The molecule has 2 unspecified atom stereocenters. The Bertz CT molecular complexity index is 362. The van der Waals surface area contributed by atoms with Crippen LogP contribution in [0.5, 0.6) is 5.75 Å². The molecule has 7 heteroatoms. The Labute approximate surface area is 96.5 Å². The summed E-state index contributed by atoms with van der Waals surface area (Å²) in [5, 5.41) is 2.87. The fraction of sp³-hybridized carbons (Fsp3) is 0.333. The highest BCUT2D eigenvalue weighted by molar-refractivity contribution is 8.00. The van der Waals surface area contributed by atoms with Gasteiger partial charge in [-0.2, -0.15) is 0 Å². The van der Waals surface area contributed by atoms with E-state index in [1.165, 1.54) is 18.0 Å². The Hall–Kier alpha value is -1.31. The molecular formula is C9H11N3O3S. The minimum absolute atomic E-state index is 0.152. The van der Waals surface area contributed by atoms with E-state index < -0.39 is 11.7 Å². The van der Waals surface area contributed by atoms with Gasteiger partial charge in [0.15, 0.2) is 5.75 Å². The van der Waals surface area contributed by atoms with Crippen molar-refractivity contribution in [1.82, 2.24) is 10.3 Å². The largest absolute Gasteiger partial charge is 0.516 e. The van der Waals surface area contributed by atoms with Gasteiger partial charge in [-0.25, -0.2) is 4.79 Å². The highest BCUT2D eigenvalue weighted by Crippen LogP contribution is 2.18. The number of hydrogen-bond acceptors (Lipinski definition) is 7. The first kappa shape index (κ1) is 11.2. The lowest BCUT2D eigenvalue weighted by Crippen LogP contribution is -2.39. The van der Waals surface area contributed by atoms with E-state index in [1.807, 2.05) is 0 Å². The summed E-state index contributed by atoms with van der Waals surface area (Å²) in [4.78, 5) is 15.1. The average molecular weight is 241 g/mol. The lowest BCUT2D eigenvalue weighted by Gasteiger charge is -2.11. The quantitative estimate of drug-likeness (QED) is 0.729. The van der Waals surface area contributed by atoms with Gasteiger partial charge < -0.3 is 15.2 Å². The highest BCUT2D eigenvalue weighted by atomic mass is 32.2. The van der Waals surface area contributed by atoms with Crippen molar-refractivity contribution >= 4 is 17.9 Å². The molecule has 0 bridgehead atoms. The van der Waals surface area contributed by atoms with E-state index in [0.717, 1.165) is 0 Å². The number of nitrogens with zero attached hydrogens (tertiary/aromatic N) is 1. The van der Waals surface area contributed by atoms with E-state index in [2.05, 4.69) is 10.3 Å². The molecule has 1 saturated heterocycles. The molecule has 86 valence electrons. The number of rotatable bonds is 2. The molecule has 1 fully saturated rings. The summed E-state index contributed by atoms with van der Waals surface area (Å²) in [6, 6.07) is 3.29. The third kappa shape index (κ3) is 3.09. The Morgan fingerprint density at radius 1 is 1.69 bits per heavy atom. The molecule has 0 spiro atoms. The van der Waals surface area contributed by atoms with Crippen LogP contribution in [0.2, 0.25) is 0 Å². The zero-order chi connectivity index (χ0) is 11.4. The molecule has 0 aliphatic carbocycles. The maximum Gasteiger partial charge on any atom is 0.516 e. The van der Waals surface area contributed by atoms with Crippen molar-refractivity contribution in [2.45, 2.75) is 11.7 Å². The second kappa shape index (κ2) is 5.15. The van der Waals surface area contributed by atoms with E-state index in [9.17, 15) is 4.79 Å². The van der Waals surface area contributed by atoms with E-state index in [-0.39, 0.29) is 6.17 Å². The molecule has 0 saturated carbocycles. The van der Waals surface area contributed by atoms with E-state index in [1.54, 1.807) is 18.3 Å². The predicted molar refractivity (Wildman–Crippen MR) is 58.7 cm³/mol. The van der Waals surface area contributed by atoms with E-state index >= 15 is 0 Å². The van der Waals surface area contributed by atoms with Gasteiger partial charge in [-0.3, -0.25) is 10.3 Å². The van der Waals surface area contributed by atoms with E-state index in [0.29, 0.717) is 11.5 Å². The summed E-state index contributed by atoms with van der Waals surface area (Å²) >= 11 is 1.41. The minimum Gasteiger partial charge on any atom is -0.405 e. The third-order valence-corrected chi connectivity index (χ3v) is 2.90. The summed E-state index contributed by atoms with van der Waals surface area (Å²) in [5.41, 5.74) is 5.13. The molecule has 1 aromatic heterocycles. The molecule has 0 aromatic carbocycles. The second-order valence-electron chi connectivity index (χ2n) is 3.10. The highest BCUT2D eigenvalue weighted by Gasteiger charge is 2.25. The number of aromatic nitrogens is 1. The summed E-state index contributed by atoms with van der Waals surface area (Å²) in [5.74, 6) is 1.05. The number of ether oxygens (including phenoxy) is 2. The van der Waals surface area contributed by atoms with Gasteiger partial charge in [0, 0.05) is 11.9 Å². The van der Waals surface area contributed by atoms with Crippen LogP contribution in [0.4, 0.5) is 4.79 Å². The molecule has 2 heterocycles. The van der Waals surface area contributed by atoms with Crippen molar-refractivity contribution in [3.05, 3.63) is 24.5 Å². The Balaban J connectivity index is 1.81. The first-order valence-corrected chi connectivity index (χ1v) is 5.70. The van der Waals surface area contributed by atoms with Gasteiger partial charge in [-0.15, -0.1) is 0 Å². The zero-order valence-electron chi connectivity index (χ0n) is 8.33. The van der Waals surface area contributed by atoms with Crippen LogP contribution in [-0.4, -0.2) is 28.6 Å². The molecule has 0 radical (unpaired) electrons. The fourth-order valence-electron chi connectivity index (χ4n) is 1.15. The lowest BCUT2D eigenvalue weighted by molar-refractivity contribution is 0.0792. The number of carbonyl (C=O) groups excluding carboxylic acids is 1. The topological polar surface area (TPSA) is 86.5 Å². The summed E-state index contributed by atoms with van der Waals surface area (Å²) in [7, 11) is 0. The van der Waals surface area contributed by atoms with Crippen LogP contribution >= 0.6 is 11.8 Å². The molecule has 1 aromatic rings. The second-order valence-corrected chi connectivity index (χ2v) is 4.19. The van der Waals surface area contributed by atoms with Gasteiger partial charge in [0.2, 0.25) is 5.56 Å². The number of nitrogens with two attached hydrogens (primary N) is 1. The number of carbonyl (C=O) groups is 1. The Kier molecular flexibility index (Phi) is 3.60. The maximum absolute atomic E-state index is 11.3. The normalized spacial score (nSPS) is 24.1. The van der Waals surface area contributed by atoms with Gasteiger partial charge in [-0.1, -0.05) is 11.8 Å².